The molecule has 2 nitrogen and oxygen atoms in total. The SMILES string of the molecule is C=CC(=C)OC(=C)C(C)C1C=C(C)C=CN1CC. The lowest BCUT2D eigenvalue weighted by Gasteiger charge is -2.35. The Morgan fingerprint density at radius 2 is 2.22 bits per heavy atom. The van der Waals surface area contributed by atoms with Crippen LogP contribution in [0.25, 0.3) is 0 Å². The molecule has 0 amide bonds. The molecule has 1 rings (SSSR count). The Bertz CT molecular complexity index is 403. The number of ether oxygens (including phenoxy) is 1. The van der Waals surface area contributed by atoms with E-state index in [9.17, 15) is 0 Å². The number of likely N-dealkylation sites (N-methyl/N-ethyl adjacent to an activating group) is 1. The van der Waals surface area contributed by atoms with Crippen molar-refractivity contribution in [1.29, 1.82) is 0 Å². The maximum Gasteiger partial charge on any atom is 0.119 e. The third-order valence-electron chi connectivity index (χ3n) is 3.22. The third kappa shape index (κ3) is 3.39. The summed E-state index contributed by atoms with van der Waals surface area (Å²) in [5, 5.41) is 0. The van der Waals surface area contributed by atoms with Crippen molar-refractivity contribution in [1.82, 2.24) is 4.90 Å². The van der Waals surface area contributed by atoms with Gasteiger partial charge in [0.1, 0.15) is 11.5 Å². The van der Waals surface area contributed by atoms with Gasteiger partial charge in [0.05, 0.1) is 6.04 Å². The molecule has 2 unspecified atom stereocenters. The molecule has 0 aromatic rings. The van der Waals surface area contributed by atoms with E-state index in [1.807, 2.05) is 0 Å². The minimum Gasteiger partial charge on any atom is -0.463 e. The average Bonchev–Trinajstić information content (AvgIpc) is 2.37. The van der Waals surface area contributed by atoms with E-state index in [0.29, 0.717) is 5.76 Å². The first-order valence-electron chi connectivity index (χ1n) is 6.30. The van der Waals surface area contributed by atoms with Gasteiger partial charge in [0.25, 0.3) is 0 Å². The molecule has 1 heterocycles. The zero-order valence-corrected chi connectivity index (χ0v) is 11.6. The maximum absolute atomic E-state index is 5.56. The van der Waals surface area contributed by atoms with Gasteiger partial charge in [0.15, 0.2) is 0 Å². The third-order valence-corrected chi connectivity index (χ3v) is 3.22. The van der Waals surface area contributed by atoms with Crippen LogP contribution >= 0.6 is 0 Å². The number of hydrogen-bond donors (Lipinski definition) is 0. The summed E-state index contributed by atoms with van der Waals surface area (Å²) in [4.78, 5) is 2.28. The Hall–Kier alpha value is -1.70. The number of nitrogens with zero attached hydrogens (tertiary/aromatic N) is 1. The highest BCUT2D eigenvalue weighted by Gasteiger charge is 2.24. The zero-order valence-electron chi connectivity index (χ0n) is 11.6. The molecule has 0 radical (unpaired) electrons. The van der Waals surface area contributed by atoms with E-state index in [2.05, 4.69) is 63.8 Å². The summed E-state index contributed by atoms with van der Waals surface area (Å²) < 4.78 is 5.56. The van der Waals surface area contributed by atoms with Crippen LogP contribution in [0.4, 0.5) is 0 Å². The molecule has 2 heteroatoms. The molecule has 1 aliphatic heterocycles. The van der Waals surface area contributed by atoms with E-state index >= 15 is 0 Å². The molecule has 0 bridgehead atoms. The quantitative estimate of drug-likeness (QED) is 0.517. The van der Waals surface area contributed by atoms with E-state index in [1.54, 1.807) is 6.08 Å². The van der Waals surface area contributed by atoms with Crippen molar-refractivity contribution < 1.29 is 4.74 Å². The molecule has 0 aromatic heterocycles. The Labute approximate surface area is 111 Å². The monoisotopic (exact) mass is 245 g/mol. The van der Waals surface area contributed by atoms with Gasteiger partial charge in [-0.3, -0.25) is 0 Å². The fourth-order valence-electron chi connectivity index (χ4n) is 1.97. The molecular formula is C16H23NO. The lowest BCUT2D eigenvalue weighted by molar-refractivity contribution is 0.207. The molecular weight excluding hydrogens is 222 g/mol. The molecule has 1 aliphatic rings. The first-order valence-corrected chi connectivity index (χ1v) is 6.30. The molecule has 0 saturated heterocycles. The zero-order chi connectivity index (χ0) is 13.7. The number of hydrogen-bond acceptors (Lipinski definition) is 2. The van der Waals surface area contributed by atoms with Gasteiger partial charge in [0.2, 0.25) is 0 Å². The fraction of sp³-hybridized carbons (Fsp3) is 0.375. The second-order valence-corrected chi connectivity index (χ2v) is 4.57. The van der Waals surface area contributed by atoms with Crippen LogP contribution in [0.1, 0.15) is 20.8 Å². The fourth-order valence-corrected chi connectivity index (χ4v) is 1.97. The van der Waals surface area contributed by atoms with Gasteiger partial charge in [-0.1, -0.05) is 38.3 Å². The minimum atomic E-state index is 0.196. The Kier molecular flexibility index (Phi) is 5.02. The molecule has 18 heavy (non-hydrogen) atoms. The molecule has 0 saturated carbocycles. The van der Waals surface area contributed by atoms with Gasteiger partial charge in [0, 0.05) is 12.5 Å². The molecule has 0 aromatic carbocycles. The van der Waals surface area contributed by atoms with E-state index < -0.39 is 0 Å². The summed E-state index contributed by atoms with van der Waals surface area (Å²) in [5.74, 6) is 1.46. The summed E-state index contributed by atoms with van der Waals surface area (Å²) in [6.07, 6.45) is 8.10. The molecule has 0 aliphatic carbocycles. The van der Waals surface area contributed by atoms with Gasteiger partial charge in [-0.15, -0.1) is 0 Å². The first kappa shape index (κ1) is 14.4. The normalized spacial score (nSPS) is 20.1. The highest BCUT2D eigenvalue weighted by atomic mass is 16.5. The lowest BCUT2D eigenvalue weighted by atomic mass is 9.94. The Morgan fingerprint density at radius 3 is 2.78 bits per heavy atom. The molecule has 0 fully saturated rings. The van der Waals surface area contributed by atoms with Crippen LogP contribution < -0.4 is 0 Å². The van der Waals surface area contributed by atoms with Crippen LogP contribution in [-0.4, -0.2) is 17.5 Å². The van der Waals surface area contributed by atoms with Gasteiger partial charge >= 0.3 is 0 Å². The smallest absolute Gasteiger partial charge is 0.119 e. The molecule has 0 spiro atoms. The summed E-state index contributed by atoms with van der Waals surface area (Å²) in [6, 6.07) is 0.283. The van der Waals surface area contributed by atoms with Gasteiger partial charge in [-0.25, -0.2) is 0 Å². The second-order valence-electron chi connectivity index (χ2n) is 4.57. The van der Waals surface area contributed by atoms with Crippen molar-refractivity contribution in [2.24, 2.45) is 5.92 Å². The minimum absolute atomic E-state index is 0.196. The van der Waals surface area contributed by atoms with Crippen LogP contribution in [0, 0.1) is 5.92 Å². The number of allylic oxidation sites excluding steroid dienone is 3. The van der Waals surface area contributed by atoms with Gasteiger partial charge in [-0.05, 0) is 32.2 Å². The summed E-state index contributed by atoms with van der Waals surface area (Å²) in [7, 11) is 0. The van der Waals surface area contributed by atoms with Crippen LogP contribution in [0.5, 0.6) is 0 Å². The standard InChI is InChI=1S/C16H23NO/c1-7-13(4)18-15(6)14(5)16-11-12(3)9-10-17(16)8-2/h7,9-11,14,16H,1,4,6,8H2,2-3,5H3. The first-order chi connectivity index (χ1) is 8.49. The maximum atomic E-state index is 5.56. The van der Waals surface area contributed by atoms with E-state index in [4.69, 9.17) is 4.74 Å². The highest BCUT2D eigenvalue weighted by Crippen LogP contribution is 2.26. The van der Waals surface area contributed by atoms with E-state index in [1.165, 1.54) is 5.57 Å². The van der Waals surface area contributed by atoms with E-state index in [0.717, 1.165) is 12.3 Å². The Morgan fingerprint density at radius 1 is 1.56 bits per heavy atom. The largest absolute Gasteiger partial charge is 0.463 e. The van der Waals surface area contributed by atoms with Crippen LogP contribution in [-0.2, 0) is 4.74 Å². The van der Waals surface area contributed by atoms with Crippen molar-refractivity contribution in [2.45, 2.75) is 26.8 Å². The lowest BCUT2D eigenvalue weighted by Crippen LogP contribution is -2.37. The van der Waals surface area contributed by atoms with Gasteiger partial charge in [-0.2, -0.15) is 0 Å². The van der Waals surface area contributed by atoms with E-state index in [-0.39, 0.29) is 12.0 Å². The average molecular weight is 245 g/mol. The summed E-state index contributed by atoms with van der Waals surface area (Å²) in [5.41, 5.74) is 1.27. The van der Waals surface area contributed by atoms with Crippen LogP contribution in [0.15, 0.2) is 61.3 Å². The topological polar surface area (TPSA) is 12.5 Å². The summed E-state index contributed by atoms with van der Waals surface area (Å²) >= 11 is 0. The van der Waals surface area contributed by atoms with Crippen molar-refractivity contribution in [3.05, 3.63) is 61.3 Å². The Balaban J connectivity index is 2.78. The molecule has 0 N–H and O–H groups in total. The van der Waals surface area contributed by atoms with Crippen molar-refractivity contribution in [2.75, 3.05) is 6.54 Å². The van der Waals surface area contributed by atoms with Crippen LogP contribution in [0.2, 0.25) is 0 Å². The van der Waals surface area contributed by atoms with Gasteiger partial charge < -0.3 is 9.64 Å². The summed E-state index contributed by atoms with van der Waals surface area (Å²) in [6.45, 7) is 18.7. The molecule has 2 atom stereocenters. The predicted molar refractivity (Wildman–Crippen MR) is 77.8 cm³/mol. The van der Waals surface area contributed by atoms with Crippen molar-refractivity contribution in [3.8, 4) is 0 Å². The number of rotatable bonds is 6. The van der Waals surface area contributed by atoms with Crippen LogP contribution in [0.3, 0.4) is 0 Å². The van der Waals surface area contributed by atoms with Crippen molar-refractivity contribution >= 4 is 0 Å². The predicted octanol–water partition coefficient (Wildman–Crippen LogP) is 4.02. The highest BCUT2D eigenvalue weighted by molar-refractivity contribution is 5.25. The van der Waals surface area contributed by atoms with Crippen molar-refractivity contribution in [3.63, 3.8) is 0 Å². The second kappa shape index (κ2) is 6.29. The molecule has 98 valence electrons.